The fourth-order valence-electron chi connectivity index (χ4n) is 4.89. The largest absolute Gasteiger partial charge is 0.353 e. The summed E-state index contributed by atoms with van der Waals surface area (Å²) >= 11 is 0. The maximum Gasteiger partial charge on any atom is 0.257 e. The molecule has 0 aliphatic carbocycles. The number of nitrogens with one attached hydrogen (secondary N) is 1. The lowest BCUT2D eigenvalue weighted by Gasteiger charge is -2.44. The second-order valence-electron chi connectivity index (χ2n) is 9.78. The molecule has 8 nitrogen and oxygen atoms in total. The summed E-state index contributed by atoms with van der Waals surface area (Å²) < 4.78 is 6.26. The standard InChI is InChI=1S/C27H34N4O4/c1-19(2)16-24(32)30-14-11-27(12-15-30)31(26(34)22-10-5-4-8-20(22)3)23(18-35-27)25(33)29-17-21-9-6-7-13-28-21/h4-10,13,19,23H,11-12,14-18H2,1-3H3,(H,29,33)/t23-/m0/s1. The number of hydrogen-bond acceptors (Lipinski definition) is 5. The van der Waals surface area contributed by atoms with Gasteiger partial charge in [-0.05, 0) is 36.6 Å². The second kappa shape index (κ2) is 10.6. The van der Waals surface area contributed by atoms with Crippen LogP contribution in [0.1, 0.15) is 54.7 Å². The van der Waals surface area contributed by atoms with Crippen molar-refractivity contribution in [1.82, 2.24) is 20.1 Å². The van der Waals surface area contributed by atoms with E-state index in [-0.39, 0.29) is 36.8 Å². The van der Waals surface area contributed by atoms with Crippen LogP contribution in [-0.2, 0) is 20.9 Å². The molecule has 3 heterocycles. The number of piperidine rings is 1. The highest BCUT2D eigenvalue weighted by molar-refractivity contribution is 5.99. The molecule has 0 bridgehead atoms. The van der Waals surface area contributed by atoms with E-state index in [4.69, 9.17) is 4.74 Å². The molecule has 2 fully saturated rings. The summed E-state index contributed by atoms with van der Waals surface area (Å²) in [7, 11) is 0. The summed E-state index contributed by atoms with van der Waals surface area (Å²) in [6.45, 7) is 7.32. The summed E-state index contributed by atoms with van der Waals surface area (Å²) in [4.78, 5) is 47.5. The SMILES string of the molecule is Cc1ccccc1C(=O)N1[C@H](C(=O)NCc2ccccn2)COC12CCN(C(=O)CC(C)C)CC2. The minimum absolute atomic E-state index is 0.117. The Hall–Kier alpha value is -3.26. The maximum absolute atomic E-state index is 13.9. The number of amides is 3. The van der Waals surface area contributed by atoms with Crippen LogP contribution in [0.4, 0.5) is 0 Å². The minimum Gasteiger partial charge on any atom is -0.353 e. The Morgan fingerprint density at radius 2 is 1.83 bits per heavy atom. The molecule has 35 heavy (non-hydrogen) atoms. The lowest BCUT2D eigenvalue weighted by Crippen LogP contribution is -2.60. The van der Waals surface area contributed by atoms with Gasteiger partial charge in [0.15, 0.2) is 0 Å². The quantitative estimate of drug-likeness (QED) is 0.689. The Kier molecular flexibility index (Phi) is 7.50. The van der Waals surface area contributed by atoms with Crippen LogP contribution in [0.25, 0.3) is 0 Å². The van der Waals surface area contributed by atoms with Gasteiger partial charge in [0.1, 0.15) is 11.8 Å². The van der Waals surface area contributed by atoms with Crippen LogP contribution in [0, 0.1) is 12.8 Å². The molecule has 2 saturated heterocycles. The van der Waals surface area contributed by atoms with E-state index in [0.717, 1.165) is 11.3 Å². The Labute approximate surface area is 206 Å². The first kappa shape index (κ1) is 24.9. The average Bonchev–Trinajstić information content (AvgIpc) is 3.21. The van der Waals surface area contributed by atoms with Gasteiger partial charge in [0.25, 0.3) is 5.91 Å². The number of hydrogen-bond donors (Lipinski definition) is 1. The molecule has 8 heteroatoms. The predicted molar refractivity (Wildman–Crippen MR) is 131 cm³/mol. The van der Waals surface area contributed by atoms with Crippen molar-refractivity contribution >= 4 is 17.7 Å². The fourth-order valence-corrected chi connectivity index (χ4v) is 4.89. The summed E-state index contributed by atoms with van der Waals surface area (Å²) in [6.07, 6.45) is 3.12. The van der Waals surface area contributed by atoms with Crippen molar-refractivity contribution < 1.29 is 19.1 Å². The molecule has 4 rings (SSSR count). The molecular weight excluding hydrogens is 444 g/mol. The van der Waals surface area contributed by atoms with E-state index >= 15 is 0 Å². The van der Waals surface area contributed by atoms with Crippen LogP contribution in [-0.4, -0.2) is 64.0 Å². The molecule has 2 aliphatic heterocycles. The number of aryl methyl sites for hydroxylation is 1. The average molecular weight is 479 g/mol. The van der Waals surface area contributed by atoms with Crippen LogP contribution in [0.5, 0.6) is 0 Å². The van der Waals surface area contributed by atoms with Gasteiger partial charge in [0, 0.05) is 44.1 Å². The molecule has 0 radical (unpaired) electrons. The summed E-state index contributed by atoms with van der Waals surface area (Å²) in [5, 5.41) is 2.92. The van der Waals surface area contributed by atoms with E-state index in [1.54, 1.807) is 17.2 Å². The van der Waals surface area contributed by atoms with E-state index in [1.807, 2.05) is 62.1 Å². The fraction of sp³-hybridized carbons (Fsp3) is 0.481. The molecule has 186 valence electrons. The number of likely N-dealkylation sites (tertiary alicyclic amines) is 1. The topological polar surface area (TPSA) is 91.8 Å². The molecule has 2 aromatic rings. The summed E-state index contributed by atoms with van der Waals surface area (Å²) in [5.74, 6) is -0.0879. The van der Waals surface area contributed by atoms with Gasteiger partial charge in [0.2, 0.25) is 11.8 Å². The molecule has 1 aromatic carbocycles. The van der Waals surface area contributed by atoms with Crippen molar-refractivity contribution in [3.05, 3.63) is 65.5 Å². The number of nitrogens with zero attached hydrogens (tertiary/aromatic N) is 3. The number of rotatable bonds is 6. The normalized spacial score (nSPS) is 19.3. The highest BCUT2D eigenvalue weighted by Gasteiger charge is 2.54. The van der Waals surface area contributed by atoms with Crippen LogP contribution in [0.2, 0.25) is 0 Å². The number of benzene rings is 1. The van der Waals surface area contributed by atoms with Crippen molar-refractivity contribution in [3.8, 4) is 0 Å². The van der Waals surface area contributed by atoms with Gasteiger partial charge in [-0.2, -0.15) is 0 Å². The van der Waals surface area contributed by atoms with Crippen molar-refractivity contribution in [1.29, 1.82) is 0 Å². The Morgan fingerprint density at radius 3 is 2.49 bits per heavy atom. The van der Waals surface area contributed by atoms with Crippen molar-refractivity contribution in [3.63, 3.8) is 0 Å². The van der Waals surface area contributed by atoms with E-state index < -0.39 is 11.8 Å². The second-order valence-corrected chi connectivity index (χ2v) is 9.78. The molecule has 3 amide bonds. The van der Waals surface area contributed by atoms with Gasteiger partial charge in [-0.3, -0.25) is 24.3 Å². The number of ether oxygens (including phenoxy) is 1. The van der Waals surface area contributed by atoms with Crippen molar-refractivity contribution in [2.45, 2.75) is 58.3 Å². The third-order valence-electron chi connectivity index (χ3n) is 6.81. The van der Waals surface area contributed by atoms with Gasteiger partial charge in [-0.15, -0.1) is 0 Å². The van der Waals surface area contributed by atoms with E-state index in [0.29, 0.717) is 37.9 Å². The van der Waals surface area contributed by atoms with E-state index in [9.17, 15) is 14.4 Å². The molecule has 1 spiro atoms. The first-order chi connectivity index (χ1) is 16.8. The molecule has 2 aliphatic rings. The monoisotopic (exact) mass is 478 g/mol. The molecule has 1 N–H and O–H groups in total. The highest BCUT2D eigenvalue weighted by atomic mass is 16.5. The number of carbonyl (C=O) groups excluding carboxylic acids is 3. The third-order valence-corrected chi connectivity index (χ3v) is 6.81. The Morgan fingerprint density at radius 1 is 1.11 bits per heavy atom. The van der Waals surface area contributed by atoms with E-state index in [1.165, 1.54) is 0 Å². The van der Waals surface area contributed by atoms with Gasteiger partial charge in [-0.1, -0.05) is 38.1 Å². The van der Waals surface area contributed by atoms with Crippen LogP contribution < -0.4 is 5.32 Å². The van der Waals surface area contributed by atoms with Crippen LogP contribution >= 0.6 is 0 Å². The van der Waals surface area contributed by atoms with Gasteiger partial charge >= 0.3 is 0 Å². The lowest BCUT2D eigenvalue weighted by atomic mass is 9.95. The Balaban J connectivity index is 1.56. The van der Waals surface area contributed by atoms with Gasteiger partial charge in [0.05, 0.1) is 18.8 Å². The molecule has 1 aromatic heterocycles. The maximum atomic E-state index is 13.9. The van der Waals surface area contributed by atoms with E-state index in [2.05, 4.69) is 10.3 Å². The molecule has 0 saturated carbocycles. The number of carbonyl (C=O) groups is 3. The smallest absolute Gasteiger partial charge is 0.257 e. The first-order valence-corrected chi connectivity index (χ1v) is 12.3. The summed E-state index contributed by atoms with van der Waals surface area (Å²) in [5.41, 5.74) is 1.22. The van der Waals surface area contributed by atoms with Crippen molar-refractivity contribution in [2.75, 3.05) is 19.7 Å². The highest BCUT2D eigenvalue weighted by Crippen LogP contribution is 2.39. The summed E-state index contributed by atoms with van der Waals surface area (Å²) in [6, 6.07) is 12.2. The Bertz CT molecular complexity index is 1060. The zero-order valence-electron chi connectivity index (χ0n) is 20.7. The first-order valence-electron chi connectivity index (χ1n) is 12.3. The molecular formula is C27H34N4O4. The number of pyridine rings is 1. The zero-order valence-corrected chi connectivity index (χ0v) is 20.7. The third kappa shape index (κ3) is 5.37. The molecule has 1 atom stereocenters. The lowest BCUT2D eigenvalue weighted by molar-refractivity contribution is -0.144. The van der Waals surface area contributed by atoms with Crippen LogP contribution in [0.15, 0.2) is 48.7 Å². The minimum atomic E-state index is -0.916. The van der Waals surface area contributed by atoms with Crippen molar-refractivity contribution in [2.24, 2.45) is 5.92 Å². The predicted octanol–water partition coefficient (Wildman–Crippen LogP) is 2.91. The van der Waals surface area contributed by atoms with Gasteiger partial charge in [-0.25, -0.2) is 0 Å². The van der Waals surface area contributed by atoms with Gasteiger partial charge < -0.3 is 15.0 Å². The number of aromatic nitrogens is 1. The zero-order chi connectivity index (χ0) is 25.0. The molecule has 0 unspecified atom stereocenters. The van der Waals surface area contributed by atoms with Crippen LogP contribution in [0.3, 0.4) is 0 Å².